The van der Waals surface area contributed by atoms with Crippen molar-refractivity contribution < 1.29 is 0 Å². The van der Waals surface area contributed by atoms with Crippen molar-refractivity contribution in [3.63, 3.8) is 0 Å². The summed E-state index contributed by atoms with van der Waals surface area (Å²) in [6.07, 6.45) is 1.79. The van der Waals surface area contributed by atoms with Crippen molar-refractivity contribution in [3.8, 4) is 0 Å². The maximum absolute atomic E-state index is 4.81. The van der Waals surface area contributed by atoms with Crippen LogP contribution in [0.3, 0.4) is 0 Å². The predicted octanol–water partition coefficient (Wildman–Crippen LogP) is 3.79. The third-order valence-electron chi connectivity index (χ3n) is 4.14. The van der Waals surface area contributed by atoms with Gasteiger partial charge in [0, 0.05) is 12.2 Å². The molecular formula is C19H18N4S. The van der Waals surface area contributed by atoms with Crippen LogP contribution in [0.5, 0.6) is 0 Å². The Morgan fingerprint density at radius 2 is 1.75 bits per heavy atom. The number of nitrogens with zero attached hydrogens (tertiary/aromatic N) is 4. The number of hydrogen-bond donors (Lipinski definition) is 0. The van der Waals surface area contributed by atoms with Gasteiger partial charge in [-0.05, 0) is 23.1 Å². The van der Waals surface area contributed by atoms with Gasteiger partial charge in [0.15, 0.2) is 5.82 Å². The zero-order valence-electron chi connectivity index (χ0n) is 13.5. The lowest BCUT2D eigenvalue weighted by Gasteiger charge is -2.14. The van der Waals surface area contributed by atoms with Gasteiger partial charge in [0.25, 0.3) is 0 Å². The molecule has 0 fully saturated rings. The van der Waals surface area contributed by atoms with E-state index in [-0.39, 0.29) is 0 Å². The first kappa shape index (κ1) is 15.1. The molecule has 5 heteroatoms. The Kier molecular flexibility index (Phi) is 4.17. The number of thioether (sulfide) groups is 1. The molecule has 0 saturated heterocycles. The van der Waals surface area contributed by atoms with Crippen molar-refractivity contribution >= 4 is 17.5 Å². The molecule has 0 atom stereocenters. The largest absolute Gasteiger partial charge is 0.212 e. The van der Waals surface area contributed by atoms with Crippen LogP contribution in [-0.2, 0) is 12.8 Å². The summed E-state index contributed by atoms with van der Waals surface area (Å²) in [6.45, 7) is 2.17. The van der Waals surface area contributed by atoms with E-state index in [4.69, 9.17) is 5.10 Å². The summed E-state index contributed by atoms with van der Waals surface area (Å²) in [5, 5.41) is 14.3. The van der Waals surface area contributed by atoms with Crippen molar-refractivity contribution in [1.29, 1.82) is 0 Å². The monoisotopic (exact) mass is 334 g/mol. The Morgan fingerprint density at radius 3 is 2.50 bits per heavy atom. The minimum atomic E-state index is 0.736. The number of benzene rings is 2. The van der Waals surface area contributed by atoms with Gasteiger partial charge in [-0.25, -0.2) is 0 Å². The molecule has 0 radical (unpaired) electrons. The molecule has 2 aromatic carbocycles. The van der Waals surface area contributed by atoms with Crippen molar-refractivity contribution in [2.75, 3.05) is 5.75 Å². The lowest BCUT2D eigenvalue weighted by molar-refractivity contribution is 0.720. The summed E-state index contributed by atoms with van der Waals surface area (Å²) in [6, 6.07) is 19.0. The highest BCUT2D eigenvalue weighted by Gasteiger charge is 2.19. The van der Waals surface area contributed by atoms with Crippen LogP contribution >= 0.6 is 11.8 Å². The first-order chi connectivity index (χ1) is 11.8. The Morgan fingerprint density at radius 1 is 0.958 bits per heavy atom. The number of aryl methyl sites for hydroxylation is 1. The van der Waals surface area contributed by atoms with Gasteiger partial charge in [0.1, 0.15) is 0 Å². The molecule has 0 saturated carbocycles. The first-order valence-corrected chi connectivity index (χ1v) is 9.10. The lowest BCUT2D eigenvalue weighted by Crippen LogP contribution is -2.14. The van der Waals surface area contributed by atoms with E-state index in [2.05, 4.69) is 53.5 Å². The number of aromatic nitrogens is 3. The highest BCUT2D eigenvalue weighted by Crippen LogP contribution is 2.25. The maximum Gasteiger partial charge on any atom is 0.212 e. The fraction of sp³-hybridized carbons (Fsp3) is 0.211. The second kappa shape index (κ2) is 6.61. The first-order valence-electron chi connectivity index (χ1n) is 8.11. The molecule has 0 spiro atoms. The highest BCUT2D eigenvalue weighted by atomic mass is 32.2. The molecule has 1 aromatic heterocycles. The van der Waals surface area contributed by atoms with Crippen LogP contribution in [0.2, 0.25) is 0 Å². The summed E-state index contributed by atoms with van der Waals surface area (Å²) in [7, 11) is 0. The van der Waals surface area contributed by atoms with Crippen LogP contribution < -0.4 is 0 Å². The molecule has 0 bridgehead atoms. The molecule has 1 aliphatic rings. The minimum absolute atomic E-state index is 0.736. The molecule has 2 heterocycles. The summed E-state index contributed by atoms with van der Waals surface area (Å²) in [5.41, 5.74) is 4.80. The topological polar surface area (TPSA) is 43.1 Å². The van der Waals surface area contributed by atoms with Gasteiger partial charge in [-0.2, -0.15) is 9.78 Å². The SMILES string of the molecule is CCc1ccc(C2=Nn3c(Cc4ccccc4)nnc3SC2)cc1. The minimum Gasteiger partial charge on any atom is -0.191 e. The molecule has 0 unspecified atom stereocenters. The zero-order valence-corrected chi connectivity index (χ0v) is 14.3. The molecule has 4 rings (SSSR count). The standard InChI is InChI=1S/C19H18N4S/c1-2-14-8-10-16(11-9-14)17-13-24-19-21-20-18(23(19)22-17)12-15-6-4-3-5-7-15/h3-11H,2,12-13H2,1H3. The summed E-state index contributed by atoms with van der Waals surface area (Å²) in [4.78, 5) is 0. The molecule has 4 nitrogen and oxygen atoms in total. The third-order valence-corrected chi connectivity index (χ3v) is 5.07. The second-order valence-electron chi connectivity index (χ2n) is 5.76. The highest BCUT2D eigenvalue weighted by molar-refractivity contribution is 7.99. The lowest BCUT2D eigenvalue weighted by atomic mass is 10.1. The van der Waals surface area contributed by atoms with Crippen molar-refractivity contribution in [1.82, 2.24) is 14.9 Å². The third kappa shape index (κ3) is 2.99. The molecule has 1 aliphatic heterocycles. The van der Waals surface area contributed by atoms with E-state index >= 15 is 0 Å². The van der Waals surface area contributed by atoms with Gasteiger partial charge in [0.05, 0.1) is 5.71 Å². The Bertz CT molecular complexity index is 866. The van der Waals surface area contributed by atoms with Gasteiger partial charge < -0.3 is 0 Å². The van der Waals surface area contributed by atoms with Crippen LogP contribution in [0.4, 0.5) is 0 Å². The summed E-state index contributed by atoms with van der Waals surface area (Å²) in [5.74, 6) is 1.71. The van der Waals surface area contributed by atoms with Crippen molar-refractivity contribution in [2.45, 2.75) is 24.9 Å². The van der Waals surface area contributed by atoms with Crippen LogP contribution in [0.25, 0.3) is 0 Å². The number of fused-ring (bicyclic) bond motifs is 1. The molecule has 120 valence electrons. The average Bonchev–Trinajstić information content (AvgIpc) is 3.05. The molecule has 0 aliphatic carbocycles. The van der Waals surface area contributed by atoms with Crippen LogP contribution in [-0.4, -0.2) is 26.3 Å². The molecule has 24 heavy (non-hydrogen) atoms. The smallest absolute Gasteiger partial charge is 0.191 e. The van der Waals surface area contributed by atoms with Gasteiger partial charge in [-0.1, -0.05) is 73.3 Å². The van der Waals surface area contributed by atoms with E-state index in [1.165, 1.54) is 16.7 Å². The average molecular weight is 334 g/mol. The summed E-state index contributed by atoms with van der Waals surface area (Å²) >= 11 is 1.69. The fourth-order valence-electron chi connectivity index (χ4n) is 2.73. The van der Waals surface area contributed by atoms with Crippen LogP contribution in [0.1, 0.15) is 29.4 Å². The van der Waals surface area contributed by atoms with Crippen molar-refractivity contribution in [3.05, 3.63) is 77.1 Å². The maximum atomic E-state index is 4.81. The number of hydrogen-bond acceptors (Lipinski definition) is 4. The van der Waals surface area contributed by atoms with E-state index in [0.29, 0.717) is 0 Å². The fourth-order valence-corrected chi connectivity index (χ4v) is 3.59. The van der Waals surface area contributed by atoms with E-state index in [9.17, 15) is 0 Å². The second-order valence-corrected chi connectivity index (χ2v) is 6.70. The van der Waals surface area contributed by atoms with E-state index < -0.39 is 0 Å². The van der Waals surface area contributed by atoms with E-state index in [1.54, 1.807) is 11.8 Å². The van der Waals surface area contributed by atoms with Gasteiger partial charge in [-0.3, -0.25) is 0 Å². The van der Waals surface area contributed by atoms with Crippen molar-refractivity contribution in [2.24, 2.45) is 5.10 Å². The Balaban J connectivity index is 1.65. The predicted molar refractivity (Wildman–Crippen MR) is 97.7 cm³/mol. The van der Waals surface area contributed by atoms with Gasteiger partial charge in [0.2, 0.25) is 5.16 Å². The van der Waals surface area contributed by atoms with E-state index in [1.807, 2.05) is 22.9 Å². The Hall–Kier alpha value is -2.40. The van der Waals surface area contributed by atoms with Crippen LogP contribution in [0.15, 0.2) is 64.9 Å². The number of rotatable bonds is 4. The quantitative estimate of drug-likeness (QED) is 0.729. The summed E-state index contributed by atoms with van der Waals surface area (Å²) < 4.78 is 1.89. The van der Waals surface area contributed by atoms with E-state index in [0.717, 1.165) is 35.3 Å². The molecule has 0 amide bonds. The van der Waals surface area contributed by atoms with Crippen LogP contribution in [0, 0.1) is 0 Å². The molecule has 0 N–H and O–H groups in total. The molecular weight excluding hydrogens is 316 g/mol. The zero-order chi connectivity index (χ0) is 16.4. The van der Waals surface area contributed by atoms with Gasteiger partial charge in [-0.15, -0.1) is 10.2 Å². The Labute approximate surface area is 145 Å². The molecule has 3 aromatic rings. The van der Waals surface area contributed by atoms with Gasteiger partial charge >= 0.3 is 0 Å². The normalized spacial score (nSPS) is 13.5.